The van der Waals surface area contributed by atoms with E-state index in [-0.39, 0.29) is 11.9 Å². The summed E-state index contributed by atoms with van der Waals surface area (Å²) in [6, 6.07) is -0.985. The Kier molecular flexibility index (Phi) is 14.8. The van der Waals surface area contributed by atoms with Crippen molar-refractivity contribution in [1.29, 1.82) is 0 Å². The lowest BCUT2D eigenvalue weighted by molar-refractivity contribution is -0.167. The Bertz CT molecular complexity index is 1000. The molecule has 0 aliphatic carbocycles. The van der Waals surface area contributed by atoms with Crippen LogP contribution in [0.15, 0.2) is 0 Å². The van der Waals surface area contributed by atoms with E-state index in [2.05, 4.69) is 17.1 Å². The van der Waals surface area contributed by atoms with Crippen LogP contribution in [-0.4, -0.2) is 105 Å². The first-order valence-electron chi connectivity index (χ1n) is 14.1. The van der Waals surface area contributed by atoms with Crippen LogP contribution >= 0.6 is 101 Å². The number of hydrogen-bond donors (Lipinski definition) is 1. The number of ether oxygens (including phenoxy) is 3. The van der Waals surface area contributed by atoms with E-state index in [4.69, 9.17) is 109 Å². The van der Waals surface area contributed by atoms with Crippen molar-refractivity contribution in [2.75, 3.05) is 33.1 Å². The van der Waals surface area contributed by atoms with Crippen LogP contribution in [0.25, 0.3) is 0 Å². The van der Waals surface area contributed by atoms with Crippen molar-refractivity contribution in [3.8, 4) is 0 Å². The van der Waals surface area contributed by atoms with Gasteiger partial charge in [0.2, 0.25) is 13.5 Å². The number of rotatable bonds is 13. The van der Waals surface area contributed by atoms with Gasteiger partial charge in [-0.3, -0.25) is 23.3 Å². The largest absolute Gasteiger partial charge is 0.475 e. The van der Waals surface area contributed by atoms with E-state index in [9.17, 15) is 9.36 Å². The van der Waals surface area contributed by atoms with Gasteiger partial charge >= 0.3 is 7.82 Å². The van der Waals surface area contributed by atoms with Gasteiger partial charge in [-0.15, -0.1) is 23.4 Å². The monoisotopic (exact) mass is 804 g/mol. The summed E-state index contributed by atoms with van der Waals surface area (Å²) in [6.45, 7) is 6.84. The maximum absolute atomic E-state index is 13.8. The number of alkyl halides is 7. The average Bonchev–Trinajstić information content (AvgIpc) is 3.42. The summed E-state index contributed by atoms with van der Waals surface area (Å²) in [5, 5.41) is 2.56. The van der Waals surface area contributed by atoms with E-state index >= 15 is 0 Å². The summed E-state index contributed by atoms with van der Waals surface area (Å²) in [5.41, 5.74) is -0.835. The molecule has 3 saturated heterocycles. The number of carbonyl (C=O) groups excluding carboxylic acids is 1. The normalized spacial score (nSPS) is 32.8. The lowest BCUT2D eigenvalue weighted by Gasteiger charge is -2.45. The molecule has 3 heterocycles. The lowest BCUT2D eigenvalue weighted by Crippen LogP contribution is -2.64. The van der Waals surface area contributed by atoms with Gasteiger partial charge < -0.3 is 19.5 Å². The van der Waals surface area contributed by atoms with Crippen molar-refractivity contribution < 1.29 is 37.1 Å². The van der Waals surface area contributed by atoms with Crippen LogP contribution in [0.5, 0.6) is 0 Å². The molecular formula is C25H40Cl7N2O8PS. The number of thioether (sulfide) groups is 1. The Morgan fingerprint density at radius 3 is 2.18 bits per heavy atom. The highest BCUT2D eigenvalue weighted by molar-refractivity contribution is 7.99. The second-order valence-corrected chi connectivity index (χ2v) is 19.9. The number of phosphoric ester groups is 1. The zero-order chi connectivity index (χ0) is 33.3. The fourth-order valence-corrected chi connectivity index (χ4v) is 8.90. The first kappa shape index (κ1) is 40.2. The quantitative estimate of drug-likeness (QED) is 0.153. The summed E-state index contributed by atoms with van der Waals surface area (Å²) in [4.78, 5) is 15.7. The second kappa shape index (κ2) is 16.2. The third-order valence-electron chi connectivity index (χ3n) is 7.42. The highest BCUT2D eigenvalue weighted by Gasteiger charge is 2.60. The number of fused-ring (bicyclic) bond motifs is 1. The number of carbonyl (C=O) groups is 1. The minimum atomic E-state index is -4.58. The van der Waals surface area contributed by atoms with E-state index in [1.165, 1.54) is 11.8 Å². The third-order valence-corrected chi connectivity index (χ3v) is 10.6. The molecule has 3 fully saturated rings. The molecule has 0 saturated carbocycles. The summed E-state index contributed by atoms with van der Waals surface area (Å²) in [5.74, 6) is -0.821. The molecule has 0 aromatic rings. The van der Waals surface area contributed by atoms with E-state index < -0.39 is 75.7 Å². The van der Waals surface area contributed by atoms with Crippen molar-refractivity contribution >= 4 is 107 Å². The van der Waals surface area contributed by atoms with Gasteiger partial charge in [-0.25, -0.2) is 4.57 Å². The Morgan fingerprint density at radius 1 is 1.11 bits per heavy atom. The number of likely N-dealkylation sites (tertiary alicyclic amines) is 1. The van der Waals surface area contributed by atoms with Crippen molar-refractivity contribution in [2.45, 2.75) is 108 Å². The van der Waals surface area contributed by atoms with Crippen LogP contribution in [0.4, 0.5) is 0 Å². The van der Waals surface area contributed by atoms with Crippen LogP contribution in [0.1, 0.15) is 47.0 Å². The Morgan fingerprint density at radius 2 is 1.68 bits per heavy atom. The molecule has 3 aliphatic heterocycles. The van der Waals surface area contributed by atoms with Gasteiger partial charge in [0.1, 0.15) is 43.1 Å². The number of nitrogens with one attached hydrogen (secondary N) is 1. The van der Waals surface area contributed by atoms with Gasteiger partial charge in [0.25, 0.3) is 0 Å². The van der Waals surface area contributed by atoms with Crippen LogP contribution < -0.4 is 5.32 Å². The van der Waals surface area contributed by atoms with E-state index in [1.54, 1.807) is 27.0 Å². The maximum atomic E-state index is 13.8. The fraction of sp³-hybridized carbons (Fsp3) is 0.960. The Balaban J connectivity index is 1.89. The van der Waals surface area contributed by atoms with Gasteiger partial charge in [0.15, 0.2) is 5.79 Å². The second-order valence-electron chi connectivity index (χ2n) is 11.6. The zero-order valence-corrected chi connectivity index (χ0v) is 32.2. The van der Waals surface area contributed by atoms with Gasteiger partial charge in [0.05, 0.1) is 17.5 Å². The molecule has 19 heteroatoms. The topological polar surface area (TPSA) is 105 Å². The molecule has 44 heavy (non-hydrogen) atoms. The van der Waals surface area contributed by atoms with Gasteiger partial charge in [0, 0.05) is 6.54 Å². The molecule has 10 nitrogen and oxygen atoms in total. The molecular weight excluding hydrogens is 767 g/mol. The SMILES string of the molecule is CCCC1CC(C(=O)NC(C(C)Cl)C2OC(SC)C(OP(=O)(OCC(Cl)(Cl)Cl)OCC(Cl)(Cl)Cl)C3OC(C)(C)OC23)N(C)C1. The highest BCUT2D eigenvalue weighted by Crippen LogP contribution is 2.56. The predicted molar refractivity (Wildman–Crippen MR) is 178 cm³/mol. The summed E-state index contributed by atoms with van der Waals surface area (Å²) >= 11 is 42.9. The number of phosphoric acid groups is 1. The Hall–Kier alpha value is 1.80. The standard InChI is InChI=1S/C25H40Cl7N2O8PS/c1-7-8-14-9-15(34(5)10-14)21(35)33-16(13(2)26)17-18-19(41-23(3,4)40-18)20(22(39-17)44-6)42-43(36,37-11-24(27,28)29)38-12-25(30,31)32/h13-20,22H,7-12H2,1-6H3,(H,33,35). The predicted octanol–water partition coefficient (Wildman–Crippen LogP) is 7.09. The summed E-state index contributed by atoms with van der Waals surface area (Å²) in [7, 11) is -2.63. The van der Waals surface area contributed by atoms with Crippen molar-refractivity contribution in [3.63, 3.8) is 0 Å². The molecule has 3 aliphatic rings. The molecule has 9 atom stereocenters. The van der Waals surface area contributed by atoms with Crippen LogP contribution in [0.3, 0.4) is 0 Å². The lowest BCUT2D eigenvalue weighted by atomic mass is 9.92. The van der Waals surface area contributed by atoms with Crippen molar-refractivity contribution in [1.82, 2.24) is 10.2 Å². The molecule has 3 rings (SSSR count). The number of nitrogens with zero attached hydrogens (tertiary/aromatic N) is 1. The smallest absolute Gasteiger partial charge is 0.356 e. The van der Waals surface area contributed by atoms with Crippen molar-refractivity contribution in [3.05, 3.63) is 0 Å². The molecule has 0 bridgehead atoms. The molecule has 9 unspecified atom stereocenters. The van der Waals surface area contributed by atoms with Gasteiger partial charge in [-0.2, -0.15) is 0 Å². The van der Waals surface area contributed by atoms with Crippen LogP contribution in [-0.2, 0) is 37.1 Å². The molecule has 0 aromatic heterocycles. The van der Waals surface area contributed by atoms with Crippen LogP contribution in [0.2, 0.25) is 0 Å². The number of likely N-dealkylation sites (N-methyl/N-ethyl adjacent to an activating group) is 1. The number of halogens is 7. The minimum Gasteiger partial charge on any atom is -0.356 e. The molecule has 1 amide bonds. The molecule has 0 radical (unpaired) electrons. The maximum Gasteiger partial charge on any atom is 0.475 e. The van der Waals surface area contributed by atoms with E-state index in [1.807, 2.05) is 7.05 Å². The summed E-state index contributed by atoms with van der Waals surface area (Å²) in [6.07, 6.45) is 1.01. The van der Waals surface area contributed by atoms with Gasteiger partial charge in [-0.1, -0.05) is 83.0 Å². The van der Waals surface area contributed by atoms with Gasteiger partial charge in [-0.05, 0) is 52.8 Å². The first-order valence-corrected chi connectivity index (χ1v) is 19.5. The van der Waals surface area contributed by atoms with E-state index in [0.29, 0.717) is 5.92 Å². The van der Waals surface area contributed by atoms with E-state index in [0.717, 1.165) is 25.8 Å². The minimum absolute atomic E-state index is 0.147. The number of hydrogen-bond acceptors (Lipinski definition) is 10. The zero-order valence-electron chi connectivity index (χ0n) is 25.2. The molecule has 1 N–H and O–H groups in total. The Labute approximate surface area is 298 Å². The fourth-order valence-electron chi connectivity index (χ4n) is 5.68. The van der Waals surface area contributed by atoms with Crippen molar-refractivity contribution in [2.24, 2.45) is 5.92 Å². The molecule has 0 spiro atoms. The summed E-state index contributed by atoms with van der Waals surface area (Å²) < 4.78 is 45.6. The number of amides is 1. The van der Waals surface area contributed by atoms with Crippen LogP contribution in [0, 0.1) is 5.92 Å². The molecule has 258 valence electrons. The highest BCUT2D eigenvalue weighted by atomic mass is 35.6. The molecule has 0 aromatic carbocycles. The first-order chi connectivity index (χ1) is 20.2. The third kappa shape index (κ3) is 11.4. The average molecular weight is 808 g/mol.